The molecule has 1 saturated carbocycles. The Morgan fingerprint density at radius 3 is 1.64 bits per heavy atom. The van der Waals surface area contributed by atoms with E-state index in [2.05, 4.69) is 49.1 Å². The quantitative estimate of drug-likeness (QED) is 0.107. The van der Waals surface area contributed by atoms with Crippen LogP contribution in [0.15, 0.2) is 73.3 Å². The Bertz CT molecular complexity index is 2390. The van der Waals surface area contributed by atoms with Crippen LogP contribution in [0.2, 0.25) is 0 Å². The molecule has 0 spiro atoms. The maximum atomic E-state index is 14.7. The van der Waals surface area contributed by atoms with Crippen molar-refractivity contribution < 1.29 is 38.4 Å². The lowest BCUT2D eigenvalue weighted by molar-refractivity contribution is -0.147. The zero-order chi connectivity index (χ0) is 52.8. The number of nitrogens with one attached hydrogen (secondary N) is 8. The zero-order valence-corrected chi connectivity index (χ0v) is 44.7. The monoisotopic (exact) mass is 1040 g/mol. The minimum atomic E-state index is -1.43. The Morgan fingerprint density at radius 1 is 0.685 bits per heavy atom. The second kappa shape index (κ2) is 23.4. The lowest BCUT2D eigenvalue weighted by atomic mass is 9.83. The molecule has 73 heavy (non-hydrogen) atoms. The molecule has 396 valence electrons. The summed E-state index contributed by atoms with van der Waals surface area (Å²) >= 11 is 3.16. The highest BCUT2D eigenvalue weighted by Gasteiger charge is 2.58. The van der Waals surface area contributed by atoms with Crippen LogP contribution in [0, 0.1) is 10.8 Å². The first-order valence-electron chi connectivity index (χ1n) is 25.5. The fourth-order valence-corrected chi connectivity index (χ4v) is 14.3. The van der Waals surface area contributed by atoms with E-state index in [1.807, 2.05) is 39.8 Å². The second-order valence-corrected chi connectivity index (χ2v) is 24.0. The summed E-state index contributed by atoms with van der Waals surface area (Å²) < 4.78 is 0. The average Bonchev–Trinajstić information content (AvgIpc) is 3.69. The lowest BCUT2D eigenvalue weighted by Crippen LogP contribution is -2.64. The number of amides is 8. The van der Waals surface area contributed by atoms with Crippen LogP contribution in [0.4, 0.5) is 0 Å². The van der Waals surface area contributed by atoms with Gasteiger partial charge < -0.3 is 52.3 Å². The van der Waals surface area contributed by atoms with Gasteiger partial charge in [-0.1, -0.05) is 94.4 Å². The van der Waals surface area contributed by atoms with Crippen LogP contribution in [-0.2, 0) is 38.4 Å². The maximum Gasteiger partial charge on any atom is 0.253 e. The molecule has 0 radical (unpaired) electrons. The third kappa shape index (κ3) is 12.2. The largest absolute Gasteiger partial charge is 0.351 e. The number of likely N-dealkylation sites (N-methyl/N-ethyl adjacent to an activating group) is 2. The van der Waals surface area contributed by atoms with Crippen LogP contribution in [0.3, 0.4) is 0 Å². The van der Waals surface area contributed by atoms with Gasteiger partial charge in [-0.2, -0.15) is 0 Å². The number of nitrogens with zero attached hydrogens (tertiary/aromatic N) is 2. The summed E-state index contributed by atoms with van der Waals surface area (Å²) in [6.07, 6.45) is 5.37. The Labute approximate surface area is 437 Å². The van der Waals surface area contributed by atoms with Crippen LogP contribution in [-0.4, -0.2) is 142 Å². The van der Waals surface area contributed by atoms with Crippen molar-refractivity contribution in [1.82, 2.24) is 52.3 Å². The van der Waals surface area contributed by atoms with Crippen molar-refractivity contribution >= 4 is 70.8 Å². The molecular formula is C53H74N10O8S2. The van der Waals surface area contributed by atoms with E-state index in [9.17, 15) is 38.4 Å². The summed E-state index contributed by atoms with van der Waals surface area (Å²) in [5.41, 5.74) is -1.62. The average molecular weight is 1040 g/mol. The first-order valence-corrected chi connectivity index (χ1v) is 27.6. The molecule has 2 aromatic carbocycles. The summed E-state index contributed by atoms with van der Waals surface area (Å²) in [5, 5.41) is 23.3. The van der Waals surface area contributed by atoms with Gasteiger partial charge in [0, 0.05) is 12.1 Å². The van der Waals surface area contributed by atoms with Gasteiger partial charge in [-0.3, -0.25) is 38.4 Å². The molecule has 8 N–H and O–H groups in total. The number of hydrogen-bond acceptors (Lipinski definition) is 12. The molecule has 20 heteroatoms. The maximum absolute atomic E-state index is 14.7. The predicted octanol–water partition coefficient (Wildman–Crippen LogP) is 2.78. The van der Waals surface area contributed by atoms with Crippen LogP contribution in [0.5, 0.6) is 0 Å². The molecule has 0 aromatic heterocycles. The van der Waals surface area contributed by atoms with Gasteiger partial charge >= 0.3 is 0 Å². The summed E-state index contributed by atoms with van der Waals surface area (Å²) in [6.45, 7) is 13.5. The van der Waals surface area contributed by atoms with Gasteiger partial charge in [0.25, 0.3) is 5.91 Å². The van der Waals surface area contributed by atoms with E-state index in [0.717, 1.165) is 0 Å². The molecule has 0 unspecified atom stereocenters. The molecule has 8 amide bonds. The SMILES string of the molecule is C=C[C@@]1(NC(=O)[C@H](C)NC)CCS[C@H]2CC(C)(C)[C@@H](C(=O)N[C@@H](C(=O)NC3CCC(NC(=O)[C@@H](NC(=O)[C@H]4N5C(=O)[C@H](NC(=O)CNC)CCS[C@H]5CC4(C)C)c4ccccc4)CC3)c3ccccc3)N2C1=O. The van der Waals surface area contributed by atoms with Crippen molar-refractivity contribution in [3.8, 4) is 0 Å². The molecule has 9 atom stereocenters. The van der Waals surface area contributed by atoms with Gasteiger partial charge in [0.1, 0.15) is 35.7 Å². The van der Waals surface area contributed by atoms with Crippen molar-refractivity contribution in [1.29, 1.82) is 0 Å². The molecular weight excluding hydrogens is 969 g/mol. The van der Waals surface area contributed by atoms with E-state index < -0.39 is 82.2 Å². The second-order valence-electron chi connectivity index (χ2n) is 21.4. The molecule has 1 aliphatic carbocycles. The third-order valence-electron chi connectivity index (χ3n) is 15.2. The molecule has 4 heterocycles. The highest BCUT2D eigenvalue weighted by molar-refractivity contribution is 8.00. The number of fused-ring (bicyclic) bond motifs is 2. The summed E-state index contributed by atoms with van der Waals surface area (Å²) in [7, 11) is 3.31. The fraction of sp³-hybridized carbons (Fsp3) is 0.585. The van der Waals surface area contributed by atoms with Crippen LogP contribution >= 0.6 is 23.5 Å². The lowest BCUT2D eigenvalue weighted by Gasteiger charge is -2.39. The van der Waals surface area contributed by atoms with E-state index in [-0.39, 0.29) is 47.1 Å². The number of thioether (sulfide) groups is 2. The number of hydrogen-bond donors (Lipinski definition) is 8. The number of carbonyl (C=O) groups excluding carboxylic acids is 8. The smallest absolute Gasteiger partial charge is 0.253 e. The summed E-state index contributed by atoms with van der Waals surface area (Å²) in [6, 6.07) is 12.0. The zero-order valence-electron chi connectivity index (χ0n) is 43.1. The number of carbonyl (C=O) groups is 8. The van der Waals surface area contributed by atoms with Crippen molar-refractivity contribution in [3.05, 3.63) is 84.4 Å². The van der Waals surface area contributed by atoms with Crippen LogP contribution < -0.4 is 42.5 Å². The predicted molar refractivity (Wildman–Crippen MR) is 282 cm³/mol. The highest BCUT2D eigenvalue weighted by atomic mass is 32.2. The van der Waals surface area contributed by atoms with Gasteiger partial charge in [-0.25, -0.2) is 0 Å². The van der Waals surface area contributed by atoms with Crippen molar-refractivity contribution in [2.24, 2.45) is 10.8 Å². The van der Waals surface area contributed by atoms with E-state index in [0.29, 0.717) is 74.0 Å². The van der Waals surface area contributed by atoms with Gasteiger partial charge in [0.2, 0.25) is 41.4 Å². The van der Waals surface area contributed by atoms with Gasteiger partial charge in [-0.05, 0) is 106 Å². The van der Waals surface area contributed by atoms with E-state index in [1.54, 1.807) is 103 Å². The first kappa shape index (κ1) is 55.3. The summed E-state index contributed by atoms with van der Waals surface area (Å²) in [4.78, 5) is 116. The Morgan fingerprint density at radius 2 is 1.16 bits per heavy atom. The Kier molecular flexibility index (Phi) is 17.7. The topological polar surface area (TPSA) is 239 Å². The van der Waals surface area contributed by atoms with Crippen molar-refractivity contribution in [2.75, 3.05) is 32.1 Å². The molecule has 7 rings (SSSR count). The van der Waals surface area contributed by atoms with Crippen molar-refractivity contribution in [2.45, 2.75) is 151 Å². The third-order valence-corrected chi connectivity index (χ3v) is 17.7. The molecule has 4 saturated heterocycles. The Balaban J connectivity index is 1.02. The van der Waals surface area contributed by atoms with E-state index in [1.165, 1.54) is 6.08 Å². The first-order chi connectivity index (χ1) is 34.7. The van der Waals surface area contributed by atoms with Gasteiger partial charge in [0.05, 0.1) is 23.3 Å². The van der Waals surface area contributed by atoms with Gasteiger partial charge in [-0.15, -0.1) is 30.1 Å². The van der Waals surface area contributed by atoms with E-state index >= 15 is 0 Å². The van der Waals surface area contributed by atoms with Crippen molar-refractivity contribution in [3.63, 3.8) is 0 Å². The minimum Gasteiger partial charge on any atom is -0.351 e. The standard InChI is InChI=1S/C53H74N10O8S2/c1-9-53(61-44(65)31(2)55-8)25-27-73-39-29-52(5,6)43(63(39)50(53)71)48(69)60-41(33-18-14-11-15-19-33)46(67)57-35-22-20-34(21-23-35)56-45(66)40(32-16-12-10-13-17-32)59-47(68)42-51(3,4)28-38-62(42)49(70)36(24-26-72-38)58-37(64)30-54-7/h9-19,31,34-36,38-43,54-55H,1,20-30H2,2-8H3,(H,56,66)(H,57,67)(H,58,64)(H,59,68)(H,60,69)(H,61,65)/t31-,34?,35?,36+,38-,39-,40-,41+,42+,43+,53+/m0/s1. The summed E-state index contributed by atoms with van der Waals surface area (Å²) in [5.74, 6) is -1.99. The van der Waals surface area contributed by atoms with Gasteiger partial charge in [0.15, 0.2) is 0 Å². The minimum absolute atomic E-state index is 0.0532. The molecule has 5 fully saturated rings. The normalized spacial score (nSPS) is 28.6. The molecule has 4 aliphatic heterocycles. The Hall–Kier alpha value is -5.44. The van der Waals surface area contributed by atoms with E-state index in [4.69, 9.17) is 0 Å². The number of benzene rings is 2. The molecule has 18 nitrogen and oxygen atoms in total. The highest BCUT2D eigenvalue weighted by Crippen LogP contribution is 2.49. The van der Waals surface area contributed by atoms with Crippen LogP contribution in [0.1, 0.15) is 109 Å². The fourth-order valence-electron chi connectivity index (χ4n) is 11.1. The molecule has 2 aromatic rings. The number of rotatable bonds is 17. The van der Waals surface area contributed by atoms with Crippen LogP contribution in [0.25, 0.3) is 0 Å². The molecule has 0 bridgehead atoms. The molecule has 5 aliphatic rings.